The van der Waals surface area contributed by atoms with Gasteiger partial charge in [-0.1, -0.05) is 51.1 Å². The Morgan fingerprint density at radius 2 is 1.83 bits per heavy atom. The van der Waals surface area contributed by atoms with E-state index in [2.05, 4.69) is 67.7 Å². The summed E-state index contributed by atoms with van der Waals surface area (Å²) in [5.74, 6) is 0. The van der Waals surface area contributed by atoms with Crippen LogP contribution in [0, 0.1) is 0 Å². The lowest BCUT2D eigenvalue weighted by molar-refractivity contribution is 0.0398. The zero-order chi connectivity index (χ0) is 17.8. The topological polar surface area (TPSA) is 36.3 Å². The Kier molecular flexibility index (Phi) is 6.01. The molecule has 1 aromatic heterocycles. The molecule has 1 atom stereocenters. The molecule has 1 heterocycles. The number of aromatic nitrogens is 2. The average Bonchev–Trinajstić information content (AvgIpc) is 2.99. The van der Waals surface area contributed by atoms with Crippen LogP contribution in [0.3, 0.4) is 0 Å². The second-order valence-corrected chi connectivity index (χ2v) is 12.5. The normalized spacial score (nSPS) is 13.9. The number of benzene rings is 1. The van der Waals surface area contributed by atoms with Crippen molar-refractivity contribution in [3.8, 4) is 0 Å². The van der Waals surface area contributed by atoms with Gasteiger partial charge in [0.05, 0.1) is 24.8 Å². The molecule has 0 bridgehead atoms. The summed E-state index contributed by atoms with van der Waals surface area (Å²) in [6.07, 6.45) is 4.44. The second kappa shape index (κ2) is 7.63. The van der Waals surface area contributed by atoms with E-state index in [1.807, 2.05) is 18.6 Å². The summed E-state index contributed by atoms with van der Waals surface area (Å²) in [5.41, 5.74) is 2.30. The van der Waals surface area contributed by atoms with E-state index in [9.17, 15) is 0 Å². The van der Waals surface area contributed by atoms with Crippen LogP contribution in [0.2, 0.25) is 18.1 Å². The Labute approximate surface area is 147 Å². The summed E-state index contributed by atoms with van der Waals surface area (Å²) in [6.45, 7) is 11.9. The molecule has 2 aromatic rings. The first-order valence-corrected chi connectivity index (χ1v) is 11.4. The van der Waals surface area contributed by atoms with Crippen molar-refractivity contribution in [1.82, 2.24) is 9.55 Å². The maximum Gasteiger partial charge on any atom is 0.192 e. The van der Waals surface area contributed by atoms with Gasteiger partial charge in [-0.25, -0.2) is 4.98 Å². The third-order valence-electron chi connectivity index (χ3n) is 4.97. The molecule has 0 amide bonds. The van der Waals surface area contributed by atoms with Crippen LogP contribution in [-0.2, 0) is 22.2 Å². The molecule has 0 aliphatic rings. The molecule has 0 saturated heterocycles. The summed E-state index contributed by atoms with van der Waals surface area (Å²) in [4.78, 5) is 4.31. The number of ether oxygens (including phenoxy) is 1. The van der Waals surface area contributed by atoms with Crippen molar-refractivity contribution in [2.45, 2.75) is 58.2 Å². The third-order valence-corrected chi connectivity index (χ3v) is 9.45. The average molecular weight is 347 g/mol. The maximum absolute atomic E-state index is 6.35. The fourth-order valence-electron chi connectivity index (χ4n) is 2.28. The second-order valence-electron chi connectivity index (χ2n) is 7.72. The Bertz CT molecular complexity index is 632. The van der Waals surface area contributed by atoms with Crippen LogP contribution in [0.15, 0.2) is 42.9 Å². The number of hydrogen-bond donors (Lipinski definition) is 0. The molecule has 0 saturated carbocycles. The Hall–Kier alpha value is -1.43. The quantitative estimate of drug-likeness (QED) is 0.676. The van der Waals surface area contributed by atoms with Crippen molar-refractivity contribution >= 4 is 8.32 Å². The molecule has 0 spiro atoms. The number of methoxy groups -OCH3 is 1. The largest absolute Gasteiger partial charge is 0.411 e. The number of rotatable bonds is 7. The molecular formula is C19H30N2O2Si. The first kappa shape index (κ1) is 18.9. The molecule has 5 heteroatoms. The highest BCUT2D eigenvalue weighted by Gasteiger charge is 2.37. The van der Waals surface area contributed by atoms with E-state index in [-0.39, 0.29) is 11.3 Å². The van der Waals surface area contributed by atoms with E-state index in [1.54, 1.807) is 7.11 Å². The number of imidazole rings is 1. The highest BCUT2D eigenvalue weighted by molar-refractivity contribution is 6.74. The lowest BCUT2D eigenvalue weighted by atomic mass is 10.1. The standard InChI is InChI=1S/C19H30N2O2Si/c1-19(2,3)24(5,6)23-14-17-13-20-15-21(17)18(22-4)12-16-10-8-7-9-11-16/h7-11,13,15,18H,12,14H2,1-6H3. The van der Waals surface area contributed by atoms with Crippen LogP contribution < -0.4 is 0 Å². The number of nitrogens with zero attached hydrogens (tertiary/aromatic N) is 2. The molecule has 0 aliphatic carbocycles. The van der Waals surface area contributed by atoms with Crippen LogP contribution in [0.1, 0.15) is 38.3 Å². The van der Waals surface area contributed by atoms with E-state index in [1.165, 1.54) is 5.56 Å². The van der Waals surface area contributed by atoms with Crippen LogP contribution in [0.4, 0.5) is 0 Å². The van der Waals surface area contributed by atoms with Crippen molar-refractivity contribution in [3.63, 3.8) is 0 Å². The summed E-state index contributed by atoms with van der Waals surface area (Å²) in [6, 6.07) is 10.4. The molecular weight excluding hydrogens is 316 g/mol. The minimum atomic E-state index is -1.78. The van der Waals surface area contributed by atoms with Crippen molar-refractivity contribution in [3.05, 3.63) is 54.1 Å². The van der Waals surface area contributed by atoms with Crippen molar-refractivity contribution < 1.29 is 9.16 Å². The molecule has 0 fully saturated rings. The van der Waals surface area contributed by atoms with E-state index < -0.39 is 8.32 Å². The highest BCUT2D eigenvalue weighted by Crippen LogP contribution is 2.37. The fourth-order valence-corrected chi connectivity index (χ4v) is 3.23. The Balaban J connectivity index is 2.11. The van der Waals surface area contributed by atoms with Crippen LogP contribution in [0.5, 0.6) is 0 Å². The van der Waals surface area contributed by atoms with Gasteiger partial charge in [0, 0.05) is 13.5 Å². The van der Waals surface area contributed by atoms with Gasteiger partial charge in [0.15, 0.2) is 8.32 Å². The SMILES string of the molecule is COC(Cc1ccccc1)n1cncc1CO[Si](C)(C)C(C)(C)C. The molecule has 0 aliphatic heterocycles. The predicted molar refractivity (Wildman–Crippen MR) is 100 cm³/mol. The number of hydrogen-bond acceptors (Lipinski definition) is 3. The third kappa shape index (κ3) is 4.56. The smallest absolute Gasteiger partial charge is 0.192 e. The van der Waals surface area contributed by atoms with Gasteiger partial charge in [-0.2, -0.15) is 0 Å². The van der Waals surface area contributed by atoms with E-state index >= 15 is 0 Å². The van der Waals surface area contributed by atoms with Gasteiger partial charge in [-0.05, 0) is 23.7 Å². The van der Waals surface area contributed by atoms with Crippen LogP contribution in [-0.4, -0.2) is 25.0 Å². The fraction of sp³-hybridized carbons (Fsp3) is 0.526. The maximum atomic E-state index is 6.35. The lowest BCUT2D eigenvalue weighted by Crippen LogP contribution is -2.40. The first-order valence-electron chi connectivity index (χ1n) is 8.46. The lowest BCUT2D eigenvalue weighted by Gasteiger charge is -2.36. The van der Waals surface area contributed by atoms with E-state index in [0.717, 1.165) is 12.1 Å². The highest BCUT2D eigenvalue weighted by atomic mass is 28.4. The van der Waals surface area contributed by atoms with E-state index in [0.29, 0.717) is 6.61 Å². The van der Waals surface area contributed by atoms with Crippen LogP contribution in [0.25, 0.3) is 0 Å². The van der Waals surface area contributed by atoms with Gasteiger partial charge < -0.3 is 13.7 Å². The van der Waals surface area contributed by atoms with Gasteiger partial charge in [0.1, 0.15) is 6.23 Å². The summed E-state index contributed by atoms with van der Waals surface area (Å²) in [5, 5.41) is 0.197. The first-order chi connectivity index (χ1) is 11.2. The van der Waals surface area contributed by atoms with Gasteiger partial charge in [-0.15, -0.1) is 0 Å². The Morgan fingerprint density at radius 3 is 2.42 bits per heavy atom. The molecule has 1 aromatic carbocycles. The summed E-state index contributed by atoms with van der Waals surface area (Å²) in [7, 11) is -0.0428. The van der Waals surface area contributed by atoms with Crippen molar-refractivity contribution in [2.75, 3.05) is 7.11 Å². The van der Waals surface area contributed by atoms with Gasteiger partial charge in [0.25, 0.3) is 0 Å². The minimum Gasteiger partial charge on any atom is -0.411 e. The Morgan fingerprint density at radius 1 is 1.17 bits per heavy atom. The van der Waals surface area contributed by atoms with Gasteiger partial charge in [0.2, 0.25) is 0 Å². The van der Waals surface area contributed by atoms with Crippen LogP contribution >= 0.6 is 0 Å². The zero-order valence-corrected chi connectivity index (χ0v) is 16.7. The molecule has 1 unspecified atom stereocenters. The minimum absolute atomic E-state index is 0.0760. The molecule has 24 heavy (non-hydrogen) atoms. The zero-order valence-electron chi connectivity index (χ0n) is 15.7. The molecule has 2 rings (SSSR count). The molecule has 4 nitrogen and oxygen atoms in total. The summed E-state index contributed by atoms with van der Waals surface area (Å²) >= 11 is 0. The monoisotopic (exact) mass is 346 g/mol. The van der Waals surface area contributed by atoms with Gasteiger partial charge >= 0.3 is 0 Å². The molecule has 0 N–H and O–H groups in total. The van der Waals surface area contributed by atoms with Gasteiger partial charge in [-0.3, -0.25) is 0 Å². The molecule has 0 radical (unpaired) electrons. The molecule has 132 valence electrons. The van der Waals surface area contributed by atoms with Crippen molar-refractivity contribution in [2.24, 2.45) is 0 Å². The van der Waals surface area contributed by atoms with E-state index in [4.69, 9.17) is 9.16 Å². The van der Waals surface area contributed by atoms with Crippen molar-refractivity contribution in [1.29, 1.82) is 0 Å². The summed E-state index contributed by atoms with van der Waals surface area (Å²) < 4.78 is 14.1. The predicted octanol–water partition coefficient (Wildman–Crippen LogP) is 4.79.